The van der Waals surface area contributed by atoms with Crippen LogP contribution in [0.2, 0.25) is 0 Å². The first-order valence-electron chi connectivity index (χ1n) is 9.06. The summed E-state index contributed by atoms with van der Waals surface area (Å²) in [5.41, 5.74) is 0. The third-order valence-electron chi connectivity index (χ3n) is 4.22. The fourth-order valence-electron chi connectivity index (χ4n) is 2.77. The predicted octanol–water partition coefficient (Wildman–Crippen LogP) is 5.16. The van der Waals surface area contributed by atoms with Crippen molar-refractivity contribution in [1.29, 1.82) is 0 Å². The van der Waals surface area contributed by atoms with Crippen LogP contribution in [-0.4, -0.2) is 22.8 Å². The van der Waals surface area contributed by atoms with Gasteiger partial charge in [0.25, 0.3) is 0 Å². The fraction of sp³-hybridized carbons (Fsp3) is 0.944. The van der Waals surface area contributed by atoms with E-state index in [2.05, 4.69) is 6.92 Å². The molecule has 0 saturated heterocycles. The first-order chi connectivity index (χ1) is 10.2. The summed E-state index contributed by atoms with van der Waals surface area (Å²) >= 11 is 0. The van der Waals surface area contributed by atoms with Crippen molar-refractivity contribution in [1.82, 2.24) is 0 Å². The van der Waals surface area contributed by atoms with Gasteiger partial charge in [-0.1, -0.05) is 77.6 Å². The van der Waals surface area contributed by atoms with E-state index in [1.165, 1.54) is 38.5 Å². The zero-order chi connectivity index (χ0) is 15.8. The van der Waals surface area contributed by atoms with Gasteiger partial charge in [-0.25, -0.2) is 0 Å². The third-order valence-corrected chi connectivity index (χ3v) is 4.22. The van der Waals surface area contributed by atoms with Gasteiger partial charge in [0.1, 0.15) is 0 Å². The van der Waals surface area contributed by atoms with Crippen molar-refractivity contribution in [3.8, 4) is 0 Å². The number of hydrogen-bond acceptors (Lipinski definition) is 2. The highest BCUT2D eigenvalue weighted by Gasteiger charge is 2.16. The van der Waals surface area contributed by atoms with Gasteiger partial charge in [0.05, 0.1) is 5.92 Å². The minimum Gasteiger partial charge on any atom is -0.481 e. The van der Waals surface area contributed by atoms with Gasteiger partial charge in [-0.05, 0) is 19.3 Å². The maximum Gasteiger partial charge on any atom is 0.306 e. The van der Waals surface area contributed by atoms with E-state index >= 15 is 0 Å². The highest BCUT2D eigenvalue weighted by molar-refractivity contribution is 5.69. The van der Waals surface area contributed by atoms with E-state index in [1.807, 2.05) is 0 Å². The van der Waals surface area contributed by atoms with Gasteiger partial charge in [0.15, 0.2) is 0 Å². The smallest absolute Gasteiger partial charge is 0.306 e. The molecule has 0 radical (unpaired) electrons. The number of aliphatic carboxylic acids is 1. The van der Waals surface area contributed by atoms with Crippen LogP contribution in [0, 0.1) is 5.92 Å². The van der Waals surface area contributed by atoms with Gasteiger partial charge in [-0.15, -0.1) is 0 Å². The zero-order valence-corrected chi connectivity index (χ0v) is 14.0. The van der Waals surface area contributed by atoms with Crippen molar-refractivity contribution in [2.24, 2.45) is 5.92 Å². The van der Waals surface area contributed by atoms with E-state index in [0.717, 1.165) is 51.4 Å². The van der Waals surface area contributed by atoms with Crippen LogP contribution in [0.1, 0.15) is 96.8 Å². The lowest BCUT2D eigenvalue weighted by Crippen LogP contribution is -2.13. The van der Waals surface area contributed by atoms with Crippen LogP contribution in [0.5, 0.6) is 0 Å². The Morgan fingerprint density at radius 3 is 1.62 bits per heavy atom. The number of rotatable bonds is 16. The number of hydrogen-bond donors (Lipinski definition) is 2. The van der Waals surface area contributed by atoms with Crippen molar-refractivity contribution in [3.63, 3.8) is 0 Å². The molecule has 0 fully saturated rings. The molecule has 2 N–H and O–H groups in total. The molecule has 0 bridgehead atoms. The minimum atomic E-state index is -0.614. The SMILES string of the molecule is CCCCCCCCCC(CCCCCCCO)C(=O)O. The van der Waals surface area contributed by atoms with Gasteiger partial charge < -0.3 is 10.2 Å². The molecule has 3 nitrogen and oxygen atoms in total. The van der Waals surface area contributed by atoms with Crippen LogP contribution >= 0.6 is 0 Å². The number of aliphatic hydroxyl groups is 1. The molecule has 0 aromatic carbocycles. The van der Waals surface area contributed by atoms with E-state index in [0.29, 0.717) is 0 Å². The summed E-state index contributed by atoms with van der Waals surface area (Å²) in [6.07, 6.45) is 15.6. The van der Waals surface area contributed by atoms with Crippen molar-refractivity contribution >= 4 is 5.97 Å². The quantitative estimate of drug-likeness (QED) is 0.387. The normalized spacial score (nSPS) is 12.5. The molecule has 0 aromatic rings. The largest absolute Gasteiger partial charge is 0.481 e. The first-order valence-corrected chi connectivity index (χ1v) is 9.06. The summed E-state index contributed by atoms with van der Waals surface area (Å²) in [6.45, 7) is 2.50. The van der Waals surface area contributed by atoms with Crippen molar-refractivity contribution in [3.05, 3.63) is 0 Å². The van der Waals surface area contributed by atoms with Gasteiger partial charge in [-0.2, -0.15) is 0 Å². The molecule has 0 spiro atoms. The van der Waals surface area contributed by atoms with Gasteiger partial charge in [-0.3, -0.25) is 4.79 Å². The number of unbranched alkanes of at least 4 members (excludes halogenated alkanes) is 10. The number of carboxylic acids is 1. The van der Waals surface area contributed by atoms with Crippen molar-refractivity contribution in [2.45, 2.75) is 96.8 Å². The van der Waals surface area contributed by atoms with Crippen LogP contribution < -0.4 is 0 Å². The van der Waals surface area contributed by atoms with Crippen LogP contribution in [0.25, 0.3) is 0 Å². The molecule has 21 heavy (non-hydrogen) atoms. The molecule has 0 amide bonds. The van der Waals surface area contributed by atoms with E-state index in [9.17, 15) is 9.90 Å². The zero-order valence-electron chi connectivity index (χ0n) is 14.0. The second kappa shape index (κ2) is 15.8. The molecule has 0 rings (SSSR count). The monoisotopic (exact) mass is 300 g/mol. The Bertz CT molecular complexity index is 229. The molecule has 3 heteroatoms. The Hall–Kier alpha value is -0.570. The summed E-state index contributed by atoms with van der Waals surface area (Å²) in [4.78, 5) is 11.2. The lowest BCUT2D eigenvalue weighted by Gasteiger charge is -2.12. The number of aliphatic hydroxyl groups excluding tert-OH is 1. The van der Waals surface area contributed by atoms with Gasteiger partial charge in [0, 0.05) is 6.61 Å². The topological polar surface area (TPSA) is 57.5 Å². The summed E-state index contributed by atoms with van der Waals surface area (Å²) < 4.78 is 0. The molecule has 0 aliphatic carbocycles. The maximum atomic E-state index is 11.2. The predicted molar refractivity (Wildman–Crippen MR) is 88.5 cm³/mol. The van der Waals surface area contributed by atoms with E-state index in [-0.39, 0.29) is 12.5 Å². The average molecular weight is 300 g/mol. The van der Waals surface area contributed by atoms with Crippen molar-refractivity contribution in [2.75, 3.05) is 6.61 Å². The summed E-state index contributed by atoms with van der Waals surface area (Å²) in [6, 6.07) is 0. The van der Waals surface area contributed by atoms with E-state index in [1.54, 1.807) is 0 Å². The van der Waals surface area contributed by atoms with Gasteiger partial charge in [0.2, 0.25) is 0 Å². The number of carboxylic acid groups (broad SMARTS) is 1. The van der Waals surface area contributed by atoms with Crippen LogP contribution in [0.15, 0.2) is 0 Å². The Morgan fingerprint density at radius 1 is 0.762 bits per heavy atom. The molecule has 0 heterocycles. The van der Waals surface area contributed by atoms with E-state index < -0.39 is 5.97 Å². The second-order valence-corrected chi connectivity index (χ2v) is 6.23. The standard InChI is InChI=1S/C18H36O3/c1-2-3-4-5-6-8-11-14-17(18(20)21)15-12-9-7-10-13-16-19/h17,19H,2-16H2,1H3,(H,20,21). The minimum absolute atomic E-state index is 0.140. The first kappa shape index (κ1) is 20.4. The van der Waals surface area contributed by atoms with E-state index in [4.69, 9.17) is 5.11 Å². The molecular formula is C18H36O3. The third kappa shape index (κ3) is 14.1. The highest BCUT2D eigenvalue weighted by atomic mass is 16.4. The fourth-order valence-corrected chi connectivity index (χ4v) is 2.77. The van der Waals surface area contributed by atoms with Gasteiger partial charge >= 0.3 is 5.97 Å². The second-order valence-electron chi connectivity index (χ2n) is 6.23. The Balaban J connectivity index is 3.52. The molecule has 0 aliphatic rings. The van der Waals surface area contributed by atoms with Crippen LogP contribution in [-0.2, 0) is 4.79 Å². The highest BCUT2D eigenvalue weighted by Crippen LogP contribution is 2.19. The Kier molecular flexibility index (Phi) is 15.4. The molecule has 0 saturated carbocycles. The molecule has 0 aliphatic heterocycles. The molecule has 126 valence electrons. The Labute approximate surface area is 131 Å². The number of carbonyl (C=O) groups is 1. The Morgan fingerprint density at radius 2 is 1.19 bits per heavy atom. The molecule has 0 aromatic heterocycles. The maximum absolute atomic E-state index is 11.2. The van der Waals surface area contributed by atoms with Crippen LogP contribution in [0.3, 0.4) is 0 Å². The summed E-state index contributed by atoms with van der Waals surface area (Å²) in [7, 11) is 0. The molecular weight excluding hydrogens is 264 g/mol. The summed E-state index contributed by atoms with van der Waals surface area (Å²) in [5.74, 6) is -0.755. The lowest BCUT2D eigenvalue weighted by atomic mass is 9.94. The molecule has 1 unspecified atom stereocenters. The summed E-state index contributed by atoms with van der Waals surface area (Å²) in [5, 5.41) is 17.9. The average Bonchev–Trinajstić information content (AvgIpc) is 2.47. The molecule has 1 atom stereocenters. The van der Waals surface area contributed by atoms with Crippen molar-refractivity contribution < 1.29 is 15.0 Å². The van der Waals surface area contributed by atoms with Crippen LogP contribution in [0.4, 0.5) is 0 Å². The lowest BCUT2D eigenvalue weighted by molar-refractivity contribution is -0.142.